The standard InChI is InChI=1S/C14H27IN2O2/c1-10-9-17(13(18)19)12(14(3,4)5)11(2)16(10)8-6-7-15/h10-12H,6-9H2,1-5H3,(H,18,19)/t10-,11+,12?/m0/s1. The Kier molecular flexibility index (Phi) is 5.92. The van der Waals surface area contributed by atoms with E-state index in [2.05, 4.69) is 62.1 Å². The number of piperazine rings is 1. The summed E-state index contributed by atoms with van der Waals surface area (Å²) in [7, 11) is 0. The van der Waals surface area contributed by atoms with E-state index in [4.69, 9.17) is 0 Å². The molecule has 1 N–H and O–H groups in total. The van der Waals surface area contributed by atoms with Gasteiger partial charge in [0.25, 0.3) is 0 Å². The van der Waals surface area contributed by atoms with Gasteiger partial charge in [-0.3, -0.25) is 4.90 Å². The zero-order valence-electron chi connectivity index (χ0n) is 12.7. The Morgan fingerprint density at radius 2 is 1.95 bits per heavy atom. The zero-order valence-corrected chi connectivity index (χ0v) is 14.8. The summed E-state index contributed by atoms with van der Waals surface area (Å²) in [5, 5.41) is 9.48. The molecule has 0 saturated carbocycles. The highest BCUT2D eigenvalue weighted by atomic mass is 127. The summed E-state index contributed by atoms with van der Waals surface area (Å²) in [6, 6.07) is 0.617. The van der Waals surface area contributed by atoms with Crippen LogP contribution in [0.1, 0.15) is 41.0 Å². The van der Waals surface area contributed by atoms with E-state index in [0.29, 0.717) is 12.6 Å². The summed E-state index contributed by atoms with van der Waals surface area (Å²) >= 11 is 2.40. The molecule has 1 unspecified atom stereocenters. The van der Waals surface area contributed by atoms with Crippen molar-refractivity contribution in [3.05, 3.63) is 0 Å². The molecule has 4 nitrogen and oxygen atoms in total. The molecular formula is C14H27IN2O2. The van der Waals surface area contributed by atoms with Crippen molar-refractivity contribution >= 4 is 28.7 Å². The SMILES string of the molecule is C[C@@H]1C(C(C)(C)C)N(C(=O)O)C[C@H](C)N1CCCI. The monoisotopic (exact) mass is 382 g/mol. The Morgan fingerprint density at radius 3 is 2.37 bits per heavy atom. The molecule has 1 heterocycles. The smallest absolute Gasteiger partial charge is 0.407 e. The van der Waals surface area contributed by atoms with Gasteiger partial charge in [0.2, 0.25) is 0 Å². The average Bonchev–Trinajstić information content (AvgIpc) is 2.25. The van der Waals surface area contributed by atoms with Crippen LogP contribution in [0.25, 0.3) is 0 Å². The molecule has 0 bridgehead atoms. The van der Waals surface area contributed by atoms with Crippen LogP contribution in [0.15, 0.2) is 0 Å². The Bertz CT molecular complexity index is 317. The van der Waals surface area contributed by atoms with Crippen molar-refractivity contribution in [2.24, 2.45) is 5.41 Å². The Hall–Kier alpha value is -0.0400. The molecule has 0 aromatic rings. The molecule has 0 aromatic heterocycles. The summed E-state index contributed by atoms with van der Waals surface area (Å²) < 4.78 is 1.15. The molecular weight excluding hydrogens is 355 g/mol. The van der Waals surface area contributed by atoms with Crippen LogP contribution in [0.3, 0.4) is 0 Å². The summed E-state index contributed by atoms with van der Waals surface area (Å²) in [5.41, 5.74) is -0.0411. The van der Waals surface area contributed by atoms with Gasteiger partial charge in [0.15, 0.2) is 0 Å². The van der Waals surface area contributed by atoms with Gasteiger partial charge in [0, 0.05) is 23.1 Å². The van der Waals surface area contributed by atoms with E-state index in [9.17, 15) is 9.90 Å². The quantitative estimate of drug-likeness (QED) is 0.602. The number of hydrogen-bond acceptors (Lipinski definition) is 2. The molecule has 1 aliphatic rings. The van der Waals surface area contributed by atoms with Crippen LogP contribution in [0.4, 0.5) is 4.79 Å². The fourth-order valence-corrected chi connectivity index (χ4v) is 3.74. The van der Waals surface area contributed by atoms with Crippen LogP contribution >= 0.6 is 22.6 Å². The van der Waals surface area contributed by atoms with Gasteiger partial charge in [0.05, 0.1) is 6.04 Å². The molecule has 3 atom stereocenters. The number of amides is 1. The van der Waals surface area contributed by atoms with Crippen molar-refractivity contribution in [2.45, 2.75) is 59.2 Å². The van der Waals surface area contributed by atoms with Crippen LogP contribution < -0.4 is 0 Å². The zero-order chi connectivity index (χ0) is 14.8. The first-order valence-corrected chi connectivity index (χ1v) is 8.54. The second-order valence-corrected chi connectivity index (χ2v) is 7.69. The molecule has 5 heteroatoms. The van der Waals surface area contributed by atoms with E-state index in [0.717, 1.165) is 11.0 Å². The Morgan fingerprint density at radius 1 is 1.37 bits per heavy atom. The van der Waals surface area contributed by atoms with Crippen LogP contribution in [0.5, 0.6) is 0 Å². The minimum atomic E-state index is -0.785. The number of halogens is 1. The second-order valence-electron chi connectivity index (χ2n) is 6.62. The highest BCUT2D eigenvalue weighted by molar-refractivity contribution is 14.1. The minimum Gasteiger partial charge on any atom is -0.465 e. The predicted molar refractivity (Wildman–Crippen MR) is 87.1 cm³/mol. The average molecular weight is 382 g/mol. The van der Waals surface area contributed by atoms with Gasteiger partial charge in [0.1, 0.15) is 0 Å². The molecule has 0 radical (unpaired) electrons. The van der Waals surface area contributed by atoms with E-state index >= 15 is 0 Å². The van der Waals surface area contributed by atoms with Gasteiger partial charge in [-0.15, -0.1) is 0 Å². The summed E-state index contributed by atoms with van der Waals surface area (Å²) in [6.07, 6.45) is 0.381. The molecule has 1 fully saturated rings. The number of hydrogen-bond donors (Lipinski definition) is 1. The van der Waals surface area contributed by atoms with Crippen molar-refractivity contribution < 1.29 is 9.90 Å². The van der Waals surface area contributed by atoms with Gasteiger partial charge in [-0.05, 0) is 32.2 Å². The van der Waals surface area contributed by atoms with E-state index in [1.54, 1.807) is 4.90 Å². The van der Waals surface area contributed by atoms with E-state index in [1.807, 2.05) is 0 Å². The molecule has 1 saturated heterocycles. The Balaban J connectivity index is 2.97. The van der Waals surface area contributed by atoms with Crippen molar-refractivity contribution in [1.82, 2.24) is 9.80 Å². The van der Waals surface area contributed by atoms with Gasteiger partial charge in [-0.1, -0.05) is 43.4 Å². The molecule has 0 aliphatic carbocycles. The van der Waals surface area contributed by atoms with Crippen molar-refractivity contribution in [3.63, 3.8) is 0 Å². The van der Waals surface area contributed by atoms with Gasteiger partial charge >= 0.3 is 6.09 Å². The van der Waals surface area contributed by atoms with Crippen LogP contribution in [0.2, 0.25) is 0 Å². The number of carboxylic acid groups (broad SMARTS) is 1. The van der Waals surface area contributed by atoms with Gasteiger partial charge in [-0.25, -0.2) is 4.79 Å². The molecule has 1 amide bonds. The largest absolute Gasteiger partial charge is 0.465 e. The first kappa shape index (κ1) is 17.0. The molecule has 112 valence electrons. The summed E-state index contributed by atoms with van der Waals surface area (Å²) in [6.45, 7) is 12.4. The van der Waals surface area contributed by atoms with E-state index in [-0.39, 0.29) is 17.5 Å². The van der Waals surface area contributed by atoms with Gasteiger partial charge < -0.3 is 10.0 Å². The van der Waals surface area contributed by atoms with E-state index in [1.165, 1.54) is 6.42 Å². The topological polar surface area (TPSA) is 43.8 Å². The molecule has 1 aliphatic heterocycles. The number of rotatable bonds is 3. The molecule has 0 aromatic carbocycles. The maximum absolute atomic E-state index is 11.5. The summed E-state index contributed by atoms with van der Waals surface area (Å²) in [4.78, 5) is 15.7. The predicted octanol–water partition coefficient (Wildman–Crippen LogP) is 3.30. The van der Waals surface area contributed by atoms with E-state index < -0.39 is 6.09 Å². The summed E-state index contributed by atoms with van der Waals surface area (Å²) in [5.74, 6) is 0. The third-order valence-electron chi connectivity index (χ3n) is 4.03. The highest BCUT2D eigenvalue weighted by Crippen LogP contribution is 2.34. The lowest BCUT2D eigenvalue weighted by Gasteiger charge is -2.53. The molecule has 0 spiro atoms. The maximum Gasteiger partial charge on any atom is 0.407 e. The normalized spacial score (nSPS) is 29.6. The third-order valence-corrected chi connectivity index (χ3v) is 4.79. The number of carbonyl (C=O) groups is 1. The fraction of sp³-hybridized carbons (Fsp3) is 0.929. The Labute approximate surface area is 130 Å². The second kappa shape index (κ2) is 6.61. The van der Waals surface area contributed by atoms with Crippen LogP contribution in [0, 0.1) is 5.41 Å². The van der Waals surface area contributed by atoms with Crippen molar-refractivity contribution in [3.8, 4) is 0 Å². The molecule has 19 heavy (non-hydrogen) atoms. The van der Waals surface area contributed by atoms with Gasteiger partial charge in [-0.2, -0.15) is 0 Å². The lowest BCUT2D eigenvalue weighted by Crippen LogP contribution is -2.66. The third kappa shape index (κ3) is 3.97. The van der Waals surface area contributed by atoms with Crippen molar-refractivity contribution in [1.29, 1.82) is 0 Å². The van der Waals surface area contributed by atoms with Crippen molar-refractivity contribution in [2.75, 3.05) is 17.5 Å². The minimum absolute atomic E-state index is 0.0411. The van der Waals surface area contributed by atoms with Crippen LogP contribution in [-0.2, 0) is 0 Å². The lowest BCUT2D eigenvalue weighted by atomic mass is 9.79. The maximum atomic E-state index is 11.5. The first-order valence-electron chi connectivity index (χ1n) is 7.01. The van der Waals surface area contributed by atoms with Crippen LogP contribution in [-0.4, -0.2) is 56.6 Å². The lowest BCUT2D eigenvalue weighted by molar-refractivity contribution is -0.0403. The highest BCUT2D eigenvalue weighted by Gasteiger charge is 2.45. The fourth-order valence-electron chi connectivity index (χ4n) is 3.40. The first-order chi connectivity index (χ1) is 8.70. The number of alkyl halides is 1. The number of nitrogens with zero attached hydrogens (tertiary/aromatic N) is 2. The molecule has 1 rings (SSSR count).